The fourth-order valence-corrected chi connectivity index (χ4v) is 2.56. The molecule has 0 radical (unpaired) electrons. The lowest BCUT2D eigenvalue weighted by Gasteiger charge is -2.01. The molecule has 0 N–H and O–H groups in total. The maximum Gasteiger partial charge on any atom is 0.0103 e. The molecule has 1 aromatic rings. The van der Waals surface area contributed by atoms with E-state index in [4.69, 9.17) is 0 Å². The van der Waals surface area contributed by atoms with Gasteiger partial charge in [0.15, 0.2) is 0 Å². The summed E-state index contributed by atoms with van der Waals surface area (Å²) in [6, 6.07) is 2.34. The fraction of sp³-hybridized carbons (Fsp3) is 0.692. The van der Waals surface area contributed by atoms with Gasteiger partial charge < -0.3 is 0 Å². The molecule has 0 bridgehead atoms. The number of aryl methyl sites for hydroxylation is 1. The molecule has 0 fully saturated rings. The number of rotatable bonds is 2. The van der Waals surface area contributed by atoms with Crippen molar-refractivity contribution in [3.05, 3.63) is 21.4 Å². The van der Waals surface area contributed by atoms with Crippen LogP contribution in [0.3, 0.4) is 0 Å². The van der Waals surface area contributed by atoms with Crippen molar-refractivity contribution in [2.75, 3.05) is 0 Å². The zero-order valence-electron chi connectivity index (χ0n) is 10.6. The Morgan fingerprint density at radius 1 is 1.00 bits per heavy atom. The Morgan fingerprint density at radius 3 is 1.71 bits per heavy atom. The highest BCUT2D eigenvalue weighted by Gasteiger charge is 2.10. The molecule has 0 saturated carbocycles. The molecule has 0 amide bonds. The van der Waals surface area contributed by atoms with E-state index in [9.17, 15) is 0 Å². The van der Waals surface area contributed by atoms with Crippen molar-refractivity contribution in [1.29, 1.82) is 0 Å². The van der Waals surface area contributed by atoms with Crippen LogP contribution in [0.25, 0.3) is 0 Å². The van der Waals surface area contributed by atoms with Crippen LogP contribution in [0.4, 0.5) is 0 Å². The van der Waals surface area contributed by atoms with Crippen molar-refractivity contribution in [3.8, 4) is 0 Å². The van der Waals surface area contributed by atoms with Crippen LogP contribution in [0.15, 0.2) is 6.07 Å². The first-order valence-corrected chi connectivity index (χ1v) is 6.44. The number of hydrogen-bond acceptors (Lipinski definition) is 1. The van der Waals surface area contributed by atoms with Gasteiger partial charge in [-0.25, -0.2) is 0 Å². The van der Waals surface area contributed by atoms with Crippen molar-refractivity contribution >= 4 is 11.3 Å². The van der Waals surface area contributed by atoms with E-state index in [1.165, 1.54) is 10.4 Å². The molecular weight excluding hydrogens is 188 g/mol. The van der Waals surface area contributed by atoms with Crippen molar-refractivity contribution in [2.45, 2.75) is 60.3 Å². The summed E-state index contributed by atoms with van der Waals surface area (Å²) in [5.74, 6) is 1.36. The highest BCUT2D eigenvalue weighted by molar-refractivity contribution is 7.12. The molecular formula is C13H24S. The largest absolute Gasteiger partial charge is 0.145 e. The summed E-state index contributed by atoms with van der Waals surface area (Å²) in [6.45, 7) is 15.3. The molecule has 82 valence electrons. The third-order valence-corrected chi connectivity index (χ3v) is 3.91. The van der Waals surface area contributed by atoms with Gasteiger partial charge in [-0.1, -0.05) is 41.5 Å². The van der Waals surface area contributed by atoms with Gasteiger partial charge in [0.2, 0.25) is 0 Å². The monoisotopic (exact) mass is 212 g/mol. The number of thiophene rings is 1. The Balaban J connectivity index is 0.000000791. The minimum Gasteiger partial charge on any atom is -0.145 e. The van der Waals surface area contributed by atoms with Crippen LogP contribution < -0.4 is 0 Å². The van der Waals surface area contributed by atoms with E-state index in [1.807, 2.05) is 25.2 Å². The van der Waals surface area contributed by atoms with Gasteiger partial charge in [0, 0.05) is 9.75 Å². The maximum absolute atomic E-state index is 2.34. The van der Waals surface area contributed by atoms with Gasteiger partial charge in [0.1, 0.15) is 0 Å². The average molecular weight is 212 g/mol. The zero-order valence-corrected chi connectivity index (χ0v) is 11.5. The second-order valence-corrected chi connectivity index (χ2v) is 5.12. The van der Waals surface area contributed by atoms with Crippen molar-refractivity contribution in [1.82, 2.24) is 0 Å². The minimum atomic E-state index is 0.682. The highest BCUT2D eigenvalue weighted by atomic mass is 32.1. The van der Waals surface area contributed by atoms with Crippen molar-refractivity contribution < 1.29 is 0 Å². The van der Waals surface area contributed by atoms with Crippen LogP contribution in [-0.2, 0) is 0 Å². The molecule has 1 rings (SSSR count). The fourth-order valence-electron chi connectivity index (χ4n) is 1.38. The summed E-state index contributed by atoms with van der Waals surface area (Å²) in [6.07, 6.45) is 0. The predicted octanol–water partition coefficient (Wildman–Crippen LogP) is 5.33. The molecule has 0 aliphatic rings. The molecule has 0 nitrogen and oxygen atoms in total. The predicted molar refractivity (Wildman–Crippen MR) is 68.6 cm³/mol. The van der Waals surface area contributed by atoms with Crippen molar-refractivity contribution in [3.63, 3.8) is 0 Å². The molecule has 0 atom stereocenters. The molecule has 1 heterocycles. The Morgan fingerprint density at radius 2 is 1.50 bits per heavy atom. The van der Waals surface area contributed by atoms with Crippen LogP contribution >= 0.6 is 11.3 Å². The normalized spacial score (nSPS) is 10.4. The van der Waals surface area contributed by atoms with E-state index >= 15 is 0 Å². The van der Waals surface area contributed by atoms with Gasteiger partial charge in [-0.2, -0.15) is 0 Å². The van der Waals surface area contributed by atoms with Gasteiger partial charge in [-0.05, 0) is 30.4 Å². The molecule has 0 unspecified atom stereocenters. The lowest BCUT2D eigenvalue weighted by atomic mass is 10.1. The third-order valence-electron chi connectivity index (χ3n) is 2.07. The Hall–Kier alpha value is -0.300. The summed E-state index contributed by atoms with van der Waals surface area (Å²) >= 11 is 1.98. The van der Waals surface area contributed by atoms with Gasteiger partial charge in [-0.15, -0.1) is 11.3 Å². The quantitative estimate of drug-likeness (QED) is 0.621. The van der Waals surface area contributed by atoms with E-state index in [0.29, 0.717) is 11.8 Å². The van der Waals surface area contributed by atoms with Gasteiger partial charge in [0.25, 0.3) is 0 Å². The Kier molecular flexibility index (Phi) is 6.10. The second-order valence-electron chi connectivity index (χ2n) is 4.01. The first kappa shape index (κ1) is 13.7. The molecule has 0 saturated heterocycles. The average Bonchev–Trinajstić information content (AvgIpc) is 2.51. The molecule has 0 aliphatic heterocycles. The number of hydrogen-bond donors (Lipinski definition) is 0. The zero-order chi connectivity index (χ0) is 11.3. The van der Waals surface area contributed by atoms with E-state index in [1.54, 1.807) is 4.88 Å². The van der Waals surface area contributed by atoms with Crippen LogP contribution in [0.2, 0.25) is 0 Å². The van der Waals surface area contributed by atoms with Gasteiger partial charge in [0.05, 0.1) is 0 Å². The first-order valence-electron chi connectivity index (χ1n) is 5.62. The summed E-state index contributed by atoms with van der Waals surface area (Å²) in [5.41, 5.74) is 1.47. The first-order chi connectivity index (χ1) is 6.52. The molecule has 0 aliphatic carbocycles. The minimum absolute atomic E-state index is 0.682. The molecule has 0 spiro atoms. The summed E-state index contributed by atoms with van der Waals surface area (Å²) in [5, 5.41) is 0. The Bertz CT molecular complexity index is 256. The SMILES string of the molecule is CC.Cc1cc(C(C)C)sc1C(C)C. The third kappa shape index (κ3) is 3.45. The smallest absolute Gasteiger partial charge is 0.0103 e. The van der Waals surface area contributed by atoms with Crippen LogP contribution in [0.5, 0.6) is 0 Å². The molecule has 1 aromatic heterocycles. The van der Waals surface area contributed by atoms with E-state index in [0.717, 1.165) is 0 Å². The topological polar surface area (TPSA) is 0 Å². The van der Waals surface area contributed by atoms with Crippen LogP contribution in [0, 0.1) is 6.92 Å². The second kappa shape index (κ2) is 6.23. The van der Waals surface area contributed by atoms with E-state index in [-0.39, 0.29) is 0 Å². The molecule has 14 heavy (non-hydrogen) atoms. The van der Waals surface area contributed by atoms with Crippen LogP contribution in [0.1, 0.15) is 68.7 Å². The van der Waals surface area contributed by atoms with Gasteiger partial charge >= 0.3 is 0 Å². The lowest BCUT2D eigenvalue weighted by molar-refractivity contribution is 0.881. The van der Waals surface area contributed by atoms with Crippen molar-refractivity contribution in [2.24, 2.45) is 0 Å². The molecule has 0 aromatic carbocycles. The summed E-state index contributed by atoms with van der Waals surface area (Å²) < 4.78 is 0. The van der Waals surface area contributed by atoms with E-state index < -0.39 is 0 Å². The van der Waals surface area contributed by atoms with Gasteiger partial charge in [-0.3, -0.25) is 0 Å². The molecule has 1 heteroatoms. The Labute approximate surface area is 93.4 Å². The lowest BCUT2D eigenvalue weighted by Crippen LogP contribution is -1.82. The standard InChI is InChI=1S/C11H18S.C2H6/c1-7(2)10-6-9(5)11(12-10)8(3)4;1-2/h6-8H,1-5H3;1-2H3. The maximum atomic E-state index is 2.34. The highest BCUT2D eigenvalue weighted by Crippen LogP contribution is 2.32. The van der Waals surface area contributed by atoms with Crippen LogP contribution in [-0.4, -0.2) is 0 Å². The summed E-state index contributed by atoms with van der Waals surface area (Å²) in [7, 11) is 0. The van der Waals surface area contributed by atoms with E-state index in [2.05, 4.69) is 40.7 Å². The summed E-state index contributed by atoms with van der Waals surface area (Å²) in [4.78, 5) is 3.08.